The summed E-state index contributed by atoms with van der Waals surface area (Å²) in [5.41, 5.74) is 6.08. The summed E-state index contributed by atoms with van der Waals surface area (Å²) < 4.78 is 5.20. The normalized spacial score (nSPS) is 10.7. The summed E-state index contributed by atoms with van der Waals surface area (Å²) in [6.45, 7) is 7.75. The molecule has 1 amide bonds. The number of amides is 1. The van der Waals surface area contributed by atoms with Crippen LogP contribution in [-0.2, 0) is 0 Å². The fourth-order valence-electron chi connectivity index (χ4n) is 2.63. The summed E-state index contributed by atoms with van der Waals surface area (Å²) in [5, 5.41) is 6.85. The van der Waals surface area contributed by atoms with E-state index in [4.69, 9.17) is 4.52 Å². The van der Waals surface area contributed by atoms with Gasteiger partial charge >= 0.3 is 0 Å². The number of hydrogen-bond acceptors (Lipinski definition) is 4. The van der Waals surface area contributed by atoms with Gasteiger partial charge in [0.2, 0.25) is 5.76 Å². The Morgan fingerprint density at radius 2 is 1.75 bits per heavy atom. The molecule has 3 rings (SSSR count). The molecule has 24 heavy (non-hydrogen) atoms. The minimum atomic E-state index is -0.335. The quantitative estimate of drug-likeness (QED) is 0.784. The second-order valence-electron chi connectivity index (χ2n) is 5.94. The number of benzene rings is 1. The van der Waals surface area contributed by atoms with Crippen molar-refractivity contribution in [2.45, 2.75) is 27.7 Å². The Labute approximate surface area is 140 Å². The molecule has 0 aliphatic rings. The molecule has 0 spiro atoms. The van der Waals surface area contributed by atoms with Crippen LogP contribution in [0.15, 0.2) is 40.9 Å². The van der Waals surface area contributed by atoms with Crippen molar-refractivity contribution in [1.29, 1.82) is 0 Å². The minimum Gasteiger partial charge on any atom is -0.350 e. The third kappa shape index (κ3) is 3.20. The maximum atomic E-state index is 12.4. The topological polar surface area (TPSA) is 68.0 Å². The van der Waals surface area contributed by atoms with Gasteiger partial charge in [-0.05, 0) is 39.3 Å². The molecular formula is C19H19N3O2. The molecule has 0 aliphatic heterocycles. The van der Waals surface area contributed by atoms with Crippen LogP contribution in [0.1, 0.15) is 33.1 Å². The summed E-state index contributed by atoms with van der Waals surface area (Å²) in [6, 6.07) is 11.5. The van der Waals surface area contributed by atoms with E-state index in [9.17, 15) is 4.79 Å². The van der Waals surface area contributed by atoms with Crippen LogP contribution in [0, 0.1) is 27.7 Å². The number of hydrogen-bond donors (Lipinski definition) is 1. The second-order valence-corrected chi connectivity index (χ2v) is 5.94. The highest BCUT2D eigenvalue weighted by atomic mass is 16.5. The van der Waals surface area contributed by atoms with Gasteiger partial charge in [0, 0.05) is 17.3 Å². The Morgan fingerprint density at radius 1 is 1.04 bits per heavy atom. The number of aromatic nitrogens is 2. The summed E-state index contributed by atoms with van der Waals surface area (Å²) in [6.07, 6.45) is 0. The number of anilines is 1. The first-order valence-electron chi connectivity index (χ1n) is 7.74. The number of nitrogens with one attached hydrogen (secondary N) is 1. The maximum Gasteiger partial charge on any atom is 0.294 e. The van der Waals surface area contributed by atoms with Gasteiger partial charge in [-0.2, -0.15) is 0 Å². The lowest BCUT2D eigenvalue weighted by molar-refractivity contribution is 0.0987. The van der Waals surface area contributed by atoms with E-state index in [-0.39, 0.29) is 11.7 Å². The molecule has 3 aromatic rings. The van der Waals surface area contributed by atoms with Crippen LogP contribution < -0.4 is 5.32 Å². The molecule has 5 heteroatoms. The molecule has 0 aliphatic carbocycles. The van der Waals surface area contributed by atoms with Gasteiger partial charge in [0.15, 0.2) is 0 Å². The van der Waals surface area contributed by atoms with Crippen molar-refractivity contribution >= 4 is 11.6 Å². The molecule has 0 radical (unpaired) electrons. The molecule has 122 valence electrons. The molecule has 1 N–H and O–H groups in total. The molecule has 0 saturated carbocycles. The van der Waals surface area contributed by atoms with Crippen LogP contribution in [0.3, 0.4) is 0 Å². The van der Waals surface area contributed by atoms with Gasteiger partial charge < -0.3 is 9.84 Å². The Morgan fingerprint density at radius 3 is 2.42 bits per heavy atom. The highest BCUT2D eigenvalue weighted by Crippen LogP contribution is 2.22. The van der Waals surface area contributed by atoms with Crippen LogP contribution in [-0.4, -0.2) is 16.0 Å². The van der Waals surface area contributed by atoms with Crippen molar-refractivity contribution in [3.8, 4) is 11.3 Å². The van der Waals surface area contributed by atoms with E-state index in [0.29, 0.717) is 11.4 Å². The van der Waals surface area contributed by atoms with Crippen LogP contribution in [0.2, 0.25) is 0 Å². The SMILES string of the molecule is Cc1ccc(-c2cc(C(=O)Nc3c(C)cc(C)nc3C)on2)cc1. The van der Waals surface area contributed by atoms with E-state index in [2.05, 4.69) is 15.5 Å². The third-order valence-corrected chi connectivity index (χ3v) is 3.85. The van der Waals surface area contributed by atoms with E-state index < -0.39 is 0 Å². The lowest BCUT2D eigenvalue weighted by Crippen LogP contribution is -2.14. The van der Waals surface area contributed by atoms with Gasteiger partial charge in [0.05, 0.1) is 11.4 Å². The van der Waals surface area contributed by atoms with Crippen molar-refractivity contribution < 1.29 is 9.32 Å². The van der Waals surface area contributed by atoms with Crippen LogP contribution in [0.5, 0.6) is 0 Å². The van der Waals surface area contributed by atoms with Crippen molar-refractivity contribution in [3.05, 3.63) is 64.7 Å². The van der Waals surface area contributed by atoms with Crippen molar-refractivity contribution in [3.63, 3.8) is 0 Å². The van der Waals surface area contributed by atoms with Gasteiger partial charge in [-0.3, -0.25) is 9.78 Å². The number of pyridine rings is 1. The molecule has 2 aromatic heterocycles. The highest BCUT2D eigenvalue weighted by Gasteiger charge is 2.16. The predicted octanol–water partition coefficient (Wildman–Crippen LogP) is 4.22. The van der Waals surface area contributed by atoms with Crippen molar-refractivity contribution in [1.82, 2.24) is 10.1 Å². The van der Waals surface area contributed by atoms with E-state index in [1.165, 1.54) is 0 Å². The number of nitrogens with zero attached hydrogens (tertiary/aromatic N) is 2. The smallest absolute Gasteiger partial charge is 0.294 e. The monoisotopic (exact) mass is 321 g/mol. The van der Waals surface area contributed by atoms with E-state index in [0.717, 1.165) is 28.1 Å². The zero-order chi connectivity index (χ0) is 17.3. The number of carbonyl (C=O) groups is 1. The zero-order valence-electron chi connectivity index (χ0n) is 14.2. The van der Waals surface area contributed by atoms with E-state index in [1.807, 2.05) is 58.0 Å². The van der Waals surface area contributed by atoms with Gasteiger partial charge in [-0.1, -0.05) is 35.0 Å². The van der Waals surface area contributed by atoms with Gasteiger partial charge in [-0.15, -0.1) is 0 Å². The Balaban J connectivity index is 1.83. The fourth-order valence-corrected chi connectivity index (χ4v) is 2.63. The van der Waals surface area contributed by atoms with Crippen LogP contribution in [0.4, 0.5) is 5.69 Å². The van der Waals surface area contributed by atoms with Gasteiger partial charge in [0.25, 0.3) is 5.91 Å². The molecule has 0 atom stereocenters. The lowest BCUT2D eigenvalue weighted by Gasteiger charge is -2.10. The van der Waals surface area contributed by atoms with Gasteiger partial charge in [0.1, 0.15) is 5.69 Å². The molecule has 0 fully saturated rings. The average molecular weight is 321 g/mol. The van der Waals surface area contributed by atoms with Crippen molar-refractivity contribution in [2.24, 2.45) is 0 Å². The van der Waals surface area contributed by atoms with E-state index in [1.54, 1.807) is 6.07 Å². The molecule has 0 unspecified atom stereocenters. The number of rotatable bonds is 3. The first-order valence-corrected chi connectivity index (χ1v) is 7.74. The molecule has 1 aromatic carbocycles. The van der Waals surface area contributed by atoms with E-state index >= 15 is 0 Å². The number of aryl methyl sites for hydroxylation is 4. The van der Waals surface area contributed by atoms with Crippen LogP contribution >= 0.6 is 0 Å². The fraction of sp³-hybridized carbons (Fsp3) is 0.211. The van der Waals surface area contributed by atoms with Gasteiger partial charge in [-0.25, -0.2) is 0 Å². The maximum absolute atomic E-state index is 12.4. The Kier molecular flexibility index (Phi) is 4.16. The summed E-state index contributed by atoms with van der Waals surface area (Å²) in [4.78, 5) is 16.8. The number of carbonyl (C=O) groups excluding carboxylic acids is 1. The Hall–Kier alpha value is -2.95. The standard InChI is InChI=1S/C19H19N3O2/c1-11-5-7-15(8-6-11)16-10-17(24-22-16)19(23)21-18-12(2)9-13(3)20-14(18)4/h5-10H,1-4H3,(H,21,23). The molecular weight excluding hydrogens is 302 g/mol. The largest absolute Gasteiger partial charge is 0.350 e. The second kappa shape index (κ2) is 6.28. The summed E-state index contributed by atoms with van der Waals surface area (Å²) in [7, 11) is 0. The van der Waals surface area contributed by atoms with Crippen molar-refractivity contribution in [2.75, 3.05) is 5.32 Å². The molecule has 5 nitrogen and oxygen atoms in total. The molecule has 2 heterocycles. The highest BCUT2D eigenvalue weighted by molar-refractivity contribution is 6.03. The third-order valence-electron chi connectivity index (χ3n) is 3.85. The zero-order valence-corrected chi connectivity index (χ0v) is 14.2. The first-order chi connectivity index (χ1) is 11.4. The predicted molar refractivity (Wildman–Crippen MR) is 93.1 cm³/mol. The minimum absolute atomic E-state index is 0.171. The summed E-state index contributed by atoms with van der Waals surface area (Å²) in [5.74, 6) is -0.164. The Bertz CT molecular complexity index is 872. The molecule has 0 bridgehead atoms. The lowest BCUT2D eigenvalue weighted by atomic mass is 10.1. The average Bonchev–Trinajstić information content (AvgIpc) is 3.01. The first kappa shape index (κ1) is 15.9. The molecule has 0 saturated heterocycles. The summed E-state index contributed by atoms with van der Waals surface area (Å²) >= 11 is 0. The van der Waals surface area contributed by atoms with Crippen LogP contribution in [0.25, 0.3) is 11.3 Å².